The molecular weight excluding hydrogens is 280 g/mol. The summed E-state index contributed by atoms with van der Waals surface area (Å²) in [7, 11) is 1.43. The zero-order valence-electron chi connectivity index (χ0n) is 11.5. The first kappa shape index (κ1) is 16.3. The molecule has 0 bridgehead atoms. The first-order valence-electron chi connectivity index (χ1n) is 6.00. The van der Waals surface area contributed by atoms with Crippen LogP contribution in [0.3, 0.4) is 0 Å². The Hall–Kier alpha value is -2.77. The van der Waals surface area contributed by atoms with Crippen LogP contribution in [0.5, 0.6) is 5.75 Å². The van der Waals surface area contributed by atoms with Gasteiger partial charge in [-0.25, -0.2) is 9.59 Å². The van der Waals surface area contributed by atoms with Crippen molar-refractivity contribution in [2.45, 2.75) is 19.4 Å². The highest BCUT2D eigenvalue weighted by molar-refractivity contribution is 5.94. The Balaban J connectivity index is 2.78. The number of rotatable bonds is 6. The van der Waals surface area contributed by atoms with Crippen LogP contribution in [-0.4, -0.2) is 41.3 Å². The van der Waals surface area contributed by atoms with Crippen LogP contribution in [-0.2, 0) is 9.59 Å². The third-order valence-electron chi connectivity index (χ3n) is 2.59. The van der Waals surface area contributed by atoms with Gasteiger partial charge in [0.1, 0.15) is 11.8 Å². The molecule has 21 heavy (non-hydrogen) atoms. The quantitative estimate of drug-likeness (QED) is 0.622. The maximum atomic E-state index is 11.8. The minimum Gasteiger partial charge on any atom is -0.495 e. The van der Waals surface area contributed by atoms with Crippen molar-refractivity contribution in [3.8, 4) is 5.75 Å². The van der Waals surface area contributed by atoms with Crippen LogP contribution in [0.15, 0.2) is 18.2 Å². The van der Waals surface area contributed by atoms with Crippen molar-refractivity contribution < 1.29 is 29.3 Å². The van der Waals surface area contributed by atoms with Gasteiger partial charge in [0.15, 0.2) is 0 Å². The fraction of sp³-hybridized carbons (Fsp3) is 0.308. The Labute approximate surface area is 120 Å². The molecule has 2 amide bonds. The van der Waals surface area contributed by atoms with Crippen molar-refractivity contribution in [1.29, 1.82) is 0 Å². The summed E-state index contributed by atoms with van der Waals surface area (Å²) in [6.07, 6.45) is -0.715. The topological polar surface area (TPSA) is 125 Å². The van der Waals surface area contributed by atoms with E-state index >= 15 is 0 Å². The van der Waals surface area contributed by atoms with Crippen molar-refractivity contribution in [2.24, 2.45) is 0 Å². The van der Waals surface area contributed by atoms with Crippen LogP contribution in [0.2, 0.25) is 0 Å². The van der Waals surface area contributed by atoms with Crippen LogP contribution in [0, 0.1) is 6.92 Å². The van der Waals surface area contributed by atoms with E-state index in [2.05, 4.69) is 10.6 Å². The molecule has 0 aliphatic carbocycles. The number of aliphatic carboxylic acids is 2. The predicted molar refractivity (Wildman–Crippen MR) is 73.6 cm³/mol. The second-order valence-electron chi connectivity index (χ2n) is 4.29. The van der Waals surface area contributed by atoms with Crippen LogP contribution in [0.1, 0.15) is 12.0 Å². The van der Waals surface area contributed by atoms with Gasteiger partial charge < -0.3 is 25.6 Å². The molecular formula is C13H16N2O6. The highest BCUT2D eigenvalue weighted by atomic mass is 16.5. The molecule has 0 aromatic heterocycles. The Bertz CT molecular complexity index is 558. The van der Waals surface area contributed by atoms with E-state index < -0.39 is 30.4 Å². The molecule has 1 aromatic carbocycles. The number of carbonyl (C=O) groups excluding carboxylic acids is 1. The van der Waals surface area contributed by atoms with Gasteiger partial charge in [0.25, 0.3) is 0 Å². The third kappa shape index (κ3) is 5.01. The van der Waals surface area contributed by atoms with E-state index in [9.17, 15) is 14.4 Å². The van der Waals surface area contributed by atoms with E-state index in [1.54, 1.807) is 18.2 Å². The summed E-state index contributed by atoms with van der Waals surface area (Å²) in [6, 6.07) is 2.74. The molecule has 1 atom stereocenters. The summed E-state index contributed by atoms with van der Waals surface area (Å²) in [6.45, 7) is 1.81. The molecule has 0 radical (unpaired) electrons. The number of nitrogens with one attached hydrogen (secondary N) is 2. The van der Waals surface area contributed by atoms with Crippen molar-refractivity contribution in [3.63, 3.8) is 0 Å². The predicted octanol–water partition coefficient (Wildman–Crippen LogP) is 1.05. The molecule has 1 aromatic rings. The molecule has 1 rings (SSSR count). The number of urea groups is 1. The SMILES string of the molecule is COc1ccc(C)cc1NC(=O)N[C@H](CC(=O)O)C(=O)O. The molecule has 114 valence electrons. The third-order valence-corrected chi connectivity index (χ3v) is 2.59. The number of carboxylic acids is 2. The Morgan fingerprint density at radius 1 is 1.29 bits per heavy atom. The van der Waals surface area contributed by atoms with Crippen molar-refractivity contribution >= 4 is 23.7 Å². The number of hydrogen-bond donors (Lipinski definition) is 4. The maximum Gasteiger partial charge on any atom is 0.326 e. The number of aryl methyl sites for hydroxylation is 1. The summed E-state index contributed by atoms with van der Waals surface area (Å²) in [5.74, 6) is -2.35. The summed E-state index contributed by atoms with van der Waals surface area (Å²) >= 11 is 0. The van der Waals surface area contributed by atoms with Gasteiger partial charge in [0, 0.05) is 0 Å². The second-order valence-corrected chi connectivity index (χ2v) is 4.29. The van der Waals surface area contributed by atoms with Crippen molar-refractivity contribution in [2.75, 3.05) is 12.4 Å². The molecule has 8 nitrogen and oxygen atoms in total. The van der Waals surface area contributed by atoms with Crippen molar-refractivity contribution in [1.82, 2.24) is 5.32 Å². The summed E-state index contributed by atoms with van der Waals surface area (Å²) in [4.78, 5) is 33.2. The van der Waals surface area contributed by atoms with E-state index in [1.807, 2.05) is 6.92 Å². The summed E-state index contributed by atoms with van der Waals surface area (Å²) in [5, 5.41) is 22.0. The van der Waals surface area contributed by atoms with Crippen LogP contribution in [0.25, 0.3) is 0 Å². The Kier molecular flexibility index (Phi) is 5.53. The maximum absolute atomic E-state index is 11.8. The largest absolute Gasteiger partial charge is 0.495 e. The Morgan fingerprint density at radius 3 is 2.48 bits per heavy atom. The van der Waals surface area contributed by atoms with Crippen LogP contribution >= 0.6 is 0 Å². The monoisotopic (exact) mass is 296 g/mol. The molecule has 4 N–H and O–H groups in total. The van der Waals surface area contributed by atoms with Crippen molar-refractivity contribution in [3.05, 3.63) is 23.8 Å². The van der Waals surface area contributed by atoms with E-state index in [0.717, 1.165) is 5.56 Å². The molecule has 8 heteroatoms. The second kappa shape index (κ2) is 7.13. The lowest BCUT2D eigenvalue weighted by Crippen LogP contribution is -2.44. The van der Waals surface area contributed by atoms with Crippen LogP contribution in [0.4, 0.5) is 10.5 Å². The first-order valence-corrected chi connectivity index (χ1v) is 6.00. The number of benzene rings is 1. The van der Waals surface area contributed by atoms with E-state index in [4.69, 9.17) is 14.9 Å². The van der Waals surface area contributed by atoms with Gasteiger partial charge in [-0.3, -0.25) is 4.79 Å². The number of methoxy groups -OCH3 is 1. The van der Waals surface area contributed by atoms with Gasteiger partial charge >= 0.3 is 18.0 Å². The zero-order chi connectivity index (χ0) is 16.0. The molecule has 0 saturated carbocycles. The van der Waals surface area contributed by atoms with E-state index in [1.165, 1.54) is 7.11 Å². The lowest BCUT2D eigenvalue weighted by Gasteiger charge is -2.15. The highest BCUT2D eigenvalue weighted by Gasteiger charge is 2.23. The highest BCUT2D eigenvalue weighted by Crippen LogP contribution is 2.24. The molecule has 0 saturated heterocycles. The zero-order valence-corrected chi connectivity index (χ0v) is 11.5. The summed E-state index contributed by atoms with van der Waals surface area (Å²) in [5.41, 5.74) is 1.22. The average molecular weight is 296 g/mol. The first-order chi connectivity index (χ1) is 9.83. The van der Waals surface area contributed by atoms with E-state index in [0.29, 0.717) is 11.4 Å². The average Bonchev–Trinajstić information content (AvgIpc) is 2.37. The summed E-state index contributed by atoms with van der Waals surface area (Å²) < 4.78 is 5.07. The molecule has 0 heterocycles. The normalized spacial score (nSPS) is 11.3. The molecule has 0 unspecified atom stereocenters. The fourth-order valence-corrected chi connectivity index (χ4v) is 1.61. The van der Waals surface area contributed by atoms with Gasteiger partial charge in [-0.1, -0.05) is 6.07 Å². The van der Waals surface area contributed by atoms with E-state index in [-0.39, 0.29) is 0 Å². The molecule has 0 aliphatic rings. The fourth-order valence-electron chi connectivity index (χ4n) is 1.61. The van der Waals surface area contributed by atoms with Gasteiger partial charge in [-0.2, -0.15) is 0 Å². The van der Waals surface area contributed by atoms with Gasteiger partial charge in [0.05, 0.1) is 19.2 Å². The molecule has 0 spiro atoms. The number of carboxylic acid groups (broad SMARTS) is 2. The number of ether oxygens (including phenoxy) is 1. The standard InChI is InChI=1S/C13H16N2O6/c1-7-3-4-10(21-2)8(5-7)14-13(20)15-9(12(18)19)6-11(16)17/h3-5,9H,6H2,1-2H3,(H,16,17)(H,18,19)(H2,14,15,20)/t9-/m1/s1. The van der Waals surface area contributed by atoms with Gasteiger partial charge in [-0.05, 0) is 24.6 Å². The van der Waals surface area contributed by atoms with Crippen LogP contribution < -0.4 is 15.4 Å². The minimum absolute atomic E-state index is 0.356. The van der Waals surface area contributed by atoms with Gasteiger partial charge in [-0.15, -0.1) is 0 Å². The number of carbonyl (C=O) groups is 3. The molecule has 0 aliphatic heterocycles. The van der Waals surface area contributed by atoms with Gasteiger partial charge in [0.2, 0.25) is 0 Å². The lowest BCUT2D eigenvalue weighted by atomic mass is 10.2. The lowest BCUT2D eigenvalue weighted by molar-refractivity contribution is -0.145. The number of hydrogen-bond acceptors (Lipinski definition) is 4. The number of amides is 2. The Morgan fingerprint density at radius 2 is 1.95 bits per heavy atom. The minimum atomic E-state index is -1.52. The number of anilines is 1. The smallest absolute Gasteiger partial charge is 0.326 e. The molecule has 0 fully saturated rings.